The molecule has 39 heavy (non-hydrogen) atoms. The van der Waals surface area contributed by atoms with Crippen LogP contribution in [0.5, 0.6) is 0 Å². The molecule has 0 spiro atoms. The summed E-state index contributed by atoms with van der Waals surface area (Å²) in [6.07, 6.45) is 0.719. The average molecular weight is 566 g/mol. The van der Waals surface area contributed by atoms with E-state index in [2.05, 4.69) is 15.3 Å². The Hall–Kier alpha value is -3.49. The van der Waals surface area contributed by atoms with Crippen molar-refractivity contribution >= 4 is 62.7 Å². The van der Waals surface area contributed by atoms with Gasteiger partial charge in [-0.1, -0.05) is 56.1 Å². The summed E-state index contributed by atoms with van der Waals surface area (Å²) in [5.74, 6) is -0.563. The van der Waals surface area contributed by atoms with Gasteiger partial charge in [0.1, 0.15) is 17.4 Å². The minimum absolute atomic E-state index is 0.0729. The SMILES string of the molecule is CC(C)(C)[C@H](NC(=O)c1cc2ccc(Cl)cc2[nH]1)C(=O)N1C[C@@H]2C[C@H]1CN2C(=O)c1cc2ccc(Cl)cc2[nH]1. The van der Waals surface area contributed by atoms with Crippen LogP contribution >= 0.6 is 23.2 Å². The highest BCUT2D eigenvalue weighted by molar-refractivity contribution is 6.31. The Morgan fingerprint density at radius 3 is 1.95 bits per heavy atom. The lowest BCUT2D eigenvalue weighted by atomic mass is 9.85. The largest absolute Gasteiger partial charge is 0.350 e. The topological polar surface area (TPSA) is 101 Å². The molecular weight excluding hydrogens is 537 g/mol. The molecule has 2 fully saturated rings. The van der Waals surface area contributed by atoms with Crippen LogP contribution in [-0.2, 0) is 4.79 Å². The number of hydrogen-bond acceptors (Lipinski definition) is 3. The van der Waals surface area contributed by atoms with Crippen molar-refractivity contribution in [3.8, 4) is 0 Å². The summed E-state index contributed by atoms with van der Waals surface area (Å²) in [6.45, 7) is 6.71. The Labute approximate surface area is 235 Å². The van der Waals surface area contributed by atoms with Gasteiger partial charge in [0.2, 0.25) is 5.91 Å². The lowest BCUT2D eigenvalue weighted by Gasteiger charge is -2.39. The van der Waals surface area contributed by atoms with Crippen molar-refractivity contribution in [3.05, 3.63) is 70.0 Å². The predicted molar refractivity (Wildman–Crippen MR) is 152 cm³/mol. The first kappa shape index (κ1) is 25.8. The fourth-order valence-corrected chi connectivity index (χ4v) is 6.14. The van der Waals surface area contributed by atoms with Gasteiger partial charge in [0.05, 0.1) is 12.1 Å². The molecule has 8 nitrogen and oxygen atoms in total. The van der Waals surface area contributed by atoms with Crippen molar-refractivity contribution in [3.63, 3.8) is 0 Å². The molecule has 0 saturated carbocycles. The zero-order valence-corrected chi connectivity index (χ0v) is 23.4. The number of H-pyrrole nitrogens is 2. The number of nitrogens with one attached hydrogen (secondary N) is 3. The minimum Gasteiger partial charge on any atom is -0.350 e. The maximum Gasteiger partial charge on any atom is 0.270 e. The number of halogens is 2. The zero-order valence-electron chi connectivity index (χ0n) is 21.8. The van der Waals surface area contributed by atoms with E-state index >= 15 is 0 Å². The van der Waals surface area contributed by atoms with E-state index in [9.17, 15) is 14.4 Å². The molecule has 2 aromatic heterocycles. The average Bonchev–Trinajstić information content (AvgIpc) is 3.66. The molecule has 3 N–H and O–H groups in total. The molecule has 0 aliphatic carbocycles. The van der Waals surface area contributed by atoms with Crippen LogP contribution in [-0.4, -0.2) is 68.7 Å². The maximum atomic E-state index is 13.8. The number of aromatic nitrogens is 2. The smallest absolute Gasteiger partial charge is 0.270 e. The number of likely N-dealkylation sites (tertiary alicyclic amines) is 2. The van der Waals surface area contributed by atoms with Crippen molar-refractivity contribution < 1.29 is 14.4 Å². The first-order valence-electron chi connectivity index (χ1n) is 13.0. The molecule has 3 amide bonds. The second-order valence-electron chi connectivity index (χ2n) is 11.6. The maximum absolute atomic E-state index is 13.8. The Morgan fingerprint density at radius 2 is 1.38 bits per heavy atom. The third-order valence-electron chi connectivity index (χ3n) is 7.82. The Bertz CT molecular complexity index is 1630. The summed E-state index contributed by atoms with van der Waals surface area (Å²) in [6, 6.07) is 13.5. The number of rotatable bonds is 4. The van der Waals surface area contributed by atoms with Crippen LogP contribution in [0.25, 0.3) is 21.8 Å². The van der Waals surface area contributed by atoms with Gasteiger partial charge >= 0.3 is 0 Å². The molecular formula is C29H29Cl2N5O3. The molecule has 202 valence electrons. The van der Waals surface area contributed by atoms with Crippen molar-refractivity contribution in [2.45, 2.75) is 45.3 Å². The van der Waals surface area contributed by atoms with Gasteiger partial charge in [-0.3, -0.25) is 14.4 Å². The zero-order chi connectivity index (χ0) is 27.6. The standard InChI is InChI=1S/C29H29Cl2N5O3/c1-29(2,3)25(34-26(37)23-8-15-4-6-17(30)10-21(15)32-23)28(39)36-14-19-12-20(36)13-35(19)27(38)24-9-16-5-7-18(31)11-22(16)33-24/h4-11,19-20,25,32-33H,12-14H2,1-3H3,(H,34,37)/t19-,20-,25+/m0/s1. The Balaban J connectivity index is 1.16. The molecule has 0 radical (unpaired) electrons. The van der Waals surface area contributed by atoms with Crippen LogP contribution in [0.1, 0.15) is 48.2 Å². The number of fused-ring (bicyclic) bond motifs is 4. The highest BCUT2D eigenvalue weighted by atomic mass is 35.5. The van der Waals surface area contributed by atoms with E-state index < -0.39 is 11.5 Å². The lowest BCUT2D eigenvalue weighted by molar-refractivity contribution is -0.138. The fourth-order valence-electron chi connectivity index (χ4n) is 5.80. The predicted octanol–water partition coefficient (Wildman–Crippen LogP) is 5.23. The Kier molecular flexibility index (Phi) is 6.15. The number of carbonyl (C=O) groups excluding carboxylic acids is 3. The van der Waals surface area contributed by atoms with Crippen LogP contribution < -0.4 is 5.32 Å². The molecule has 6 rings (SSSR count). The molecule has 3 atom stereocenters. The fraction of sp³-hybridized carbons (Fsp3) is 0.345. The number of carbonyl (C=O) groups is 3. The van der Waals surface area contributed by atoms with E-state index in [-0.39, 0.29) is 29.8 Å². The summed E-state index contributed by atoms with van der Waals surface area (Å²) in [7, 11) is 0. The highest BCUT2D eigenvalue weighted by Gasteiger charge is 2.50. The van der Waals surface area contributed by atoms with E-state index in [4.69, 9.17) is 23.2 Å². The molecule has 10 heteroatoms. The van der Waals surface area contributed by atoms with Gasteiger partial charge in [-0.2, -0.15) is 0 Å². The molecule has 0 unspecified atom stereocenters. The van der Waals surface area contributed by atoms with E-state index in [0.717, 1.165) is 28.2 Å². The first-order valence-corrected chi connectivity index (χ1v) is 13.7. The van der Waals surface area contributed by atoms with Gasteiger partial charge < -0.3 is 25.1 Å². The molecule has 2 aliphatic heterocycles. The molecule has 2 aromatic carbocycles. The van der Waals surface area contributed by atoms with Gasteiger partial charge in [-0.15, -0.1) is 0 Å². The number of hydrogen-bond donors (Lipinski definition) is 3. The summed E-state index contributed by atoms with van der Waals surface area (Å²) < 4.78 is 0. The van der Waals surface area contributed by atoms with Gasteiger partial charge in [-0.25, -0.2) is 0 Å². The van der Waals surface area contributed by atoms with E-state index in [1.807, 2.05) is 48.8 Å². The highest BCUT2D eigenvalue weighted by Crippen LogP contribution is 2.34. The van der Waals surface area contributed by atoms with Crippen molar-refractivity contribution in [2.24, 2.45) is 5.41 Å². The normalized spacial score (nSPS) is 19.7. The number of nitrogens with zero attached hydrogens (tertiary/aromatic N) is 2. The molecule has 2 saturated heterocycles. The van der Waals surface area contributed by atoms with Crippen LogP contribution in [0.2, 0.25) is 10.0 Å². The summed E-state index contributed by atoms with van der Waals surface area (Å²) in [5, 5.41) is 5.94. The second kappa shape index (κ2) is 9.31. The second-order valence-corrected chi connectivity index (χ2v) is 12.5. The number of aromatic amines is 2. The van der Waals surface area contributed by atoms with Crippen LogP contribution in [0.4, 0.5) is 0 Å². The molecule has 2 aliphatic rings. The van der Waals surface area contributed by atoms with Crippen LogP contribution in [0.15, 0.2) is 48.5 Å². The van der Waals surface area contributed by atoms with Crippen molar-refractivity contribution in [1.29, 1.82) is 0 Å². The Morgan fingerprint density at radius 1 is 0.846 bits per heavy atom. The lowest BCUT2D eigenvalue weighted by Crippen LogP contribution is -2.59. The van der Waals surface area contributed by atoms with E-state index in [0.29, 0.717) is 34.5 Å². The van der Waals surface area contributed by atoms with Gasteiger partial charge in [0.15, 0.2) is 0 Å². The van der Waals surface area contributed by atoms with Gasteiger partial charge in [0.25, 0.3) is 11.8 Å². The third kappa shape index (κ3) is 4.66. The number of benzene rings is 2. The minimum atomic E-state index is -0.734. The van der Waals surface area contributed by atoms with Gasteiger partial charge in [0, 0.05) is 44.9 Å². The van der Waals surface area contributed by atoms with Crippen LogP contribution in [0.3, 0.4) is 0 Å². The summed E-state index contributed by atoms with van der Waals surface area (Å²) >= 11 is 12.2. The monoisotopic (exact) mass is 565 g/mol. The van der Waals surface area contributed by atoms with Gasteiger partial charge in [-0.05, 0) is 48.2 Å². The summed E-state index contributed by atoms with van der Waals surface area (Å²) in [5.41, 5.74) is 1.93. The molecule has 4 aromatic rings. The quantitative estimate of drug-likeness (QED) is 0.316. The van der Waals surface area contributed by atoms with E-state index in [1.54, 1.807) is 30.3 Å². The number of piperazine rings is 1. The van der Waals surface area contributed by atoms with E-state index in [1.165, 1.54) is 0 Å². The third-order valence-corrected chi connectivity index (χ3v) is 8.29. The molecule has 2 bridgehead atoms. The van der Waals surface area contributed by atoms with Crippen LogP contribution in [0, 0.1) is 5.41 Å². The summed E-state index contributed by atoms with van der Waals surface area (Å²) in [4.78, 5) is 50.4. The number of amides is 3. The molecule has 4 heterocycles. The first-order chi connectivity index (χ1) is 18.5. The van der Waals surface area contributed by atoms with Crippen molar-refractivity contribution in [2.75, 3.05) is 13.1 Å². The van der Waals surface area contributed by atoms with Crippen molar-refractivity contribution in [1.82, 2.24) is 25.1 Å².